The van der Waals surface area contributed by atoms with E-state index in [-0.39, 0.29) is 18.4 Å². The van der Waals surface area contributed by atoms with E-state index in [1.807, 2.05) is 37.3 Å². The van der Waals surface area contributed by atoms with Crippen molar-refractivity contribution in [3.8, 4) is 11.5 Å². The van der Waals surface area contributed by atoms with Gasteiger partial charge in [0.1, 0.15) is 5.76 Å². The van der Waals surface area contributed by atoms with Crippen LogP contribution in [-0.2, 0) is 16.0 Å². The molecular weight excluding hydrogens is 294 g/mol. The molecule has 2 N–H and O–H groups in total. The standard InChI is InChI=1S/C17H21N3O3/c1-12-15(20-17(23-12)13-5-3-2-4-6-13)9-16(21)19-11-14-10-18-7-8-22-14/h2-6,14,18H,7-11H2,1H3,(H,19,21). The Labute approximate surface area is 135 Å². The molecule has 1 amide bonds. The minimum Gasteiger partial charge on any atom is -0.441 e. The number of morpholine rings is 1. The van der Waals surface area contributed by atoms with Gasteiger partial charge in [-0.25, -0.2) is 4.98 Å². The summed E-state index contributed by atoms with van der Waals surface area (Å²) in [5, 5.41) is 6.13. The van der Waals surface area contributed by atoms with E-state index in [0.29, 0.717) is 30.5 Å². The summed E-state index contributed by atoms with van der Waals surface area (Å²) >= 11 is 0. The molecule has 1 aliphatic rings. The van der Waals surface area contributed by atoms with Crippen LogP contribution >= 0.6 is 0 Å². The van der Waals surface area contributed by atoms with E-state index >= 15 is 0 Å². The van der Waals surface area contributed by atoms with Crippen LogP contribution in [0.25, 0.3) is 11.5 Å². The number of hydrogen-bond donors (Lipinski definition) is 2. The number of carbonyl (C=O) groups excluding carboxylic acids is 1. The second kappa shape index (κ2) is 7.39. The smallest absolute Gasteiger partial charge is 0.226 e. The van der Waals surface area contributed by atoms with Gasteiger partial charge in [-0.2, -0.15) is 0 Å². The Morgan fingerprint density at radius 1 is 1.39 bits per heavy atom. The van der Waals surface area contributed by atoms with Crippen LogP contribution in [0.5, 0.6) is 0 Å². The summed E-state index contributed by atoms with van der Waals surface area (Å²) in [6, 6.07) is 9.67. The van der Waals surface area contributed by atoms with Crippen LogP contribution in [0.1, 0.15) is 11.5 Å². The maximum absolute atomic E-state index is 12.1. The van der Waals surface area contributed by atoms with Crippen LogP contribution in [0.15, 0.2) is 34.7 Å². The molecule has 6 nitrogen and oxygen atoms in total. The molecule has 1 atom stereocenters. The summed E-state index contributed by atoms with van der Waals surface area (Å²) in [5.41, 5.74) is 1.58. The van der Waals surface area contributed by atoms with Crippen molar-refractivity contribution in [1.29, 1.82) is 0 Å². The molecule has 0 spiro atoms. The summed E-state index contributed by atoms with van der Waals surface area (Å²) in [7, 11) is 0. The average Bonchev–Trinajstić information content (AvgIpc) is 2.95. The van der Waals surface area contributed by atoms with Gasteiger partial charge in [0.2, 0.25) is 11.8 Å². The van der Waals surface area contributed by atoms with Gasteiger partial charge in [0.15, 0.2) is 0 Å². The zero-order valence-corrected chi connectivity index (χ0v) is 13.2. The van der Waals surface area contributed by atoms with Crippen LogP contribution in [-0.4, -0.2) is 43.2 Å². The Kier molecular flexibility index (Phi) is 5.05. The highest BCUT2D eigenvalue weighted by atomic mass is 16.5. The van der Waals surface area contributed by atoms with E-state index in [1.165, 1.54) is 0 Å². The Morgan fingerprint density at radius 2 is 2.22 bits per heavy atom. The van der Waals surface area contributed by atoms with Crippen LogP contribution in [0.2, 0.25) is 0 Å². The Morgan fingerprint density at radius 3 is 2.96 bits per heavy atom. The molecule has 1 unspecified atom stereocenters. The van der Waals surface area contributed by atoms with Gasteiger partial charge in [-0.15, -0.1) is 0 Å². The molecule has 1 aromatic carbocycles. The van der Waals surface area contributed by atoms with Gasteiger partial charge in [0.05, 0.1) is 24.8 Å². The molecule has 1 fully saturated rings. The maximum Gasteiger partial charge on any atom is 0.226 e. The van der Waals surface area contributed by atoms with Crippen LogP contribution in [0, 0.1) is 6.92 Å². The third kappa shape index (κ3) is 4.18. The van der Waals surface area contributed by atoms with Crippen molar-refractivity contribution in [3.63, 3.8) is 0 Å². The van der Waals surface area contributed by atoms with E-state index in [2.05, 4.69) is 15.6 Å². The first-order valence-corrected chi connectivity index (χ1v) is 7.83. The first-order chi connectivity index (χ1) is 11.2. The minimum absolute atomic E-state index is 0.0333. The van der Waals surface area contributed by atoms with E-state index in [4.69, 9.17) is 9.15 Å². The fourth-order valence-electron chi connectivity index (χ4n) is 2.49. The number of benzene rings is 1. The highest BCUT2D eigenvalue weighted by Crippen LogP contribution is 2.21. The number of aryl methyl sites for hydroxylation is 1. The molecule has 3 rings (SSSR count). The van der Waals surface area contributed by atoms with E-state index < -0.39 is 0 Å². The molecule has 1 saturated heterocycles. The average molecular weight is 315 g/mol. The summed E-state index contributed by atoms with van der Waals surface area (Å²) in [5.74, 6) is 1.15. The van der Waals surface area contributed by atoms with Gasteiger partial charge in [0.25, 0.3) is 0 Å². The minimum atomic E-state index is -0.0739. The number of rotatable bonds is 5. The largest absolute Gasteiger partial charge is 0.441 e. The predicted molar refractivity (Wildman–Crippen MR) is 86.0 cm³/mol. The lowest BCUT2D eigenvalue weighted by Gasteiger charge is -2.23. The quantitative estimate of drug-likeness (QED) is 0.870. The highest BCUT2D eigenvalue weighted by Gasteiger charge is 2.17. The second-order valence-corrected chi connectivity index (χ2v) is 5.57. The van der Waals surface area contributed by atoms with Crippen molar-refractivity contribution in [3.05, 3.63) is 41.8 Å². The number of nitrogens with one attached hydrogen (secondary N) is 2. The number of amides is 1. The molecule has 6 heteroatoms. The molecule has 23 heavy (non-hydrogen) atoms. The van der Waals surface area contributed by atoms with E-state index in [0.717, 1.165) is 18.7 Å². The number of nitrogens with zero attached hydrogens (tertiary/aromatic N) is 1. The summed E-state index contributed by atoms with van der Waals surface area (Å²) < 4.78 is 11.2. The Hall–Kier alpha value is -2.18. The molecule has 0 bridgehead atoms. The lowest BCUT2D eigenvalue weighted by atomic mass is 10.2. The SMILES string of the molecule is Cc1oc(-c2ccccc2)nc1CC(=O)NCC1CNCCO1. The normalized spacial score (nSPS) is 17.9. The fourth-order valence-corrected chi connectivity index (χ4v) is 2.49. The molecule has 0 radical (unpaired) electrons. The number of aromatic nitrogens is 1. The van der Waals surface area contributed by atoms with Gasteiger partial charge in [-0.3, -0.25) is 4.79 Å². The lowest BCUT2D eigenvalue weighted by molar-refractivity contribution is -0.121. The molecule has 1 aromatic heterocycles. The number of hydrogen-bond acceptors (Lipinski definition) is 5. The Bertz CT molecular complexity index is 648. The molecule has 122 valence electrons. The van der Waals surface area contributed by atoms with Crippen LogP contribution in [0.3, 0.4) is 0 Å². The van der Waals surface area contributed by atoms with Crippen molar-refractivity contribution in [2.24, 2.45) is 0 Å². The predicted octanol–water partition coefficient (Wildman–Crippen LogP) is 1.30. The van der Waals surface area contributed by atoms with E-state index in [9.17, 15) is 4.79 Å². The summed E-state index contributed by atoms with van der Waals surface area (Å²) in [6.45, 7) is 4.65. The fraction of sp³-hybridized carbons (Fsp3) is 0.412. The van der Waals surface area contributed by atoms with Gasteiger partial charge in [0, 0.05) is 25.2 Å². The Balaban J connectivity index is 1.57. The second-order valence-electron chi connectivity index (χ2n) is 5.57. The van der Waals surface area contributed by atoms with E-state index in [1.54, 1.807) is 0 Å². The third-order valence-corrected chi connectivity index (χ3v) is 3.77. The molecule has 2 aromatic rings. The van der Waals surface area contributed by atoms with Gasteiger partial charge >= 0.3 is 0 Å². The van der Waals surface area contributed by atoms with Crippen molar-refractivity contribution >= 4 is 5.91 Å². The molecular formula is C17H21N3O3. The topological polar surface area (TPSA) is 76.4 Å². The van der Waals surface area contributed by atoms with Crippen molar-refractivity contribution in [2.45, 2.75) is 19.4 Å². The molecule has 0 saturated carbocycles. The number of carbonyl (C=O) groups is 1. The van der Waals surface area contributed by atoms with Crippen molar-refractivity contribution in [1.82, 2.24) is 15.6 Å². The summed E-state index contributed by atoms with van der Waals surface area (Å²) in [6.07, 6.45) is 0.244. The van der Waals surface area contributed by atoms with Gasteiger partial charge < -0.3 is 19.8 Å². The zero-order chi connectivity index (χ0) is 16.1. The molecule has 2 heterocycles. The van der Waals surface area contributed by atoms with Crippen molar-refractivity contribution < 1.29 is 13.9 Å². The monoisotopic (exact) mass is 315 g/mol. The zero-order valence-electron chi connectivity index (χ0n) is 13.2. The lowest BCUT2D eigenvalue weighted by Crippen LogP contribution is -2.45. The van der Waals surface area contributed by atoms with Crippen molar-refractivity contribution in [2.75, 3.05) is 26.2 Å². The molecule has 1 aliphatic heterocycles. The summed E-state index contributed by atoms with van der Waals surface area (Å²) in [4.78, 5) is 16.5. The highest BCUT2D eigenvalue weighted by molar-refractivity contribution is 5.78. The van der Waals surface area contributed by atoms with Gasteiger partial charge in [-0.1, -0.05) is 18.2 Å². The van der Waals surface area contributed by atoms with Crippen LogP contribution in [0.4, 0.5) is 0 Å². The first-order valence-electron chi connectivity index (χ1n) is 7.83. The van der Waals surface area contributed by atoms with Crippen LogP contribution < -0.4 is 10.6 Å². The maximum atomic E-state index is 12.1. The number of ether oxygens (including phenoxy) is 1. The first kappa shape index (κ1) is 15.7. The number of oxazole rings is 1. The molecule has 0 aliphatic carbocycles. The van der Waals surface area contributed by atoms with Gasteiger partial charge in [-0.05, 0) is 19.1 Å². The third-order valence-electron chi connectivity index (χ3n) is 3.77.